The fraction of sp³-hybridized carbons (Fsp3) is 0.154. The Morgan fingerprint density at radius 2 is 2.06 bits per heavy atom. The topological polar surface area (TPSA) is 56.5 Å². The summed E-state index contributed by atoms with van der Waals surface area (Å²) in [4.78, 5) is 3.27. The van der Waals surface area contributed by atoms with Crippen molar-refractivity contribution in [1.82, 2.24) is 15.2 Å². The maximum Gasteiger partial charge on any atom is 0.118 e. The van der Waals surface area contributed by atoms with Crippen molar-refractivity contribution in [3.63, 3.8) is 0 Å². The molecule has 0 amide bonds. The molecule has 1 aromatic carbocycles. The molecule has 0 bridgehead atoms. The molecule has 2 aromatic heterocycles. The number of aryl methyl sites for hydroxylation is 1. The SMILES string of the molecule is CNc1c(-c2c[nH]c3ccccc23)n[nH]c1C. The Kier molecular flexibility index (Phi) is 2.14. The number of nitrogens with one attached hydrogen (secondary N) is 3. The minimum absolute atomic E-state index is 0.961. The van der Waals surface area contributed by atoms with Crippen molar-refractivity contribution in [1.29, 1.82) is 0 Å². The van der Waals surface area contributed by atoms with Gasteiger partial charge in [0.2, 0.25) is 0 Å². The van der Waals surface area contributed by atoms with Gasteiger partial charge in [0.1, 0.15) is 5.69 Å². The smallest absolute Gasteiger partial charge is 0.118 e. The number of rotatable bonds is 2. The Balaban J connectivity index is 2.27. The van der Waals surface area contributed by atoms with Crippen LogP contribution in [0.4, 0.5) is 5.69 Å². The van der Waals surface area contributed by atoms with Gasteiger partial charge in [0.05, 0.1) is 11.4 Å². The average Bonchev–Trinajstić information content (AvgIpc) is 2.92. The zero-order valence-electron chi connectivity index (χ0n) is 9.83. The van der Waals surface area contributed by atoms with Crippen LogP contribution in [0.15, 0.2) is 30.5 Å². The van der Waals surface area contributed by atoms with Crippen LogP contribution < -0.4 is 5.32 Å². The minimum Gasteiger partial charge on any atom is -0.385 e. The first-order valence-electron chi connectivity index (χ1n) is 5.60. The molecule has 0 aliphatic carbocycles. The lowest BCUT2D eigenvalue weighted by Gasteiger charge is -2.01. The number of hydrogen-bond acceptors (Lipinski definition) is 2. The molecule has 0 atom stereocenters. The van der Waals surface area contributed by atoms with E-state index in [0.29, 0.717) is 0 Å². The summed E-state index contributed by atoms with van der Waals surface area (Å²) >= 11 is 0. The summed E-state index contributed by atoms with van der Waals surface area (Å²) in [7, 11) is 1.91. The number of aromatic amines is 2. The van der Waals surface area contributed by atoms with E-state index < -0.39 is 0 Å². The third-order valence-electron chi connectivity index (χ3n) is 3.04. The predicted octanol–water partition coefficient (Wildman–Crippen LogP) is 2.91. The number of aromatic nitrogens is 3. The number of hydrogen-bond donors (Lipinski definition) is 3. The molecule has 0 saturated carbocycles. The highest BCUT2D eigenvalue weighted by molar-refractivity contribution is 5.97. The molecule has 0 fully saturated rings. The Morgan fingerprint density at radius 1 is 1.24 bits per heavy atom. The molecule has 17 heavy (non-hydrogen) atoms. The van der Waals surface area contributed by atoms with E-state index in [2.05, 4.69) is 32.6 Å². The second kappa shape index (κ2) is 3.66. The van der Waals surface area contributed by atoms with E-state index in [1.54, 1.807) is 0 Å². The first-order chi connectivity index (χ1) is 8.31. The van der Waals surface area contributed by atoms with Crippen LogP contribution in [-0.2, 0) is 0 Å². The third kappa shape index (κ3) is 1.41. The van der Waals surface area contributed by atoms with Crippen LogP contribution in [-0.4, -0.2) is 22.2 Å². The van der Waals surface area contributed by atoms with E-state index in [1.807, 2.05) is 32.3 Å². The maximum absolute atomic E-state index is 4.37. The lowest BCUT2D eigenvalue weighted by atomic mass is 10.1. The van der Waals surface area contributed by atoms with Crippen LogP contribution >= 0.6 is 0 Å². The van der Waals surface area contributed by atoms with Crippen LogP contribution in [0, 0.1) is 6.92 Å². The van der Waals surface area contributed by atoms with E-state index in [1.165, 1.54) is 5.39 Å². The third-order valence-corrected chi connectivity index (χ3v) is 3.04. The summed E-state index contributed by atoms with van der Waals surface area (Å²) in [5, 5.41) is 11.8. The van der Waals surface area contributed by atoms with E-state index in [0.717, 1.165) is 28.2 Å². The summed E-state index contributed by atoms with van der Waals surface area (Å²) < 4.78 is 0. The summed E-state index contributed by atoms with van der Waals surface area (Å²) in [5.41, 5.74) is 5.31. The normalized spacial score (nSPS) is 10.9. The van der Waals surface area contributed by atoms with Crippen molar-refractivity contribution in [2.24, 2.45) is 0 Å². The zero-order chi connectivity index (χ0) is 11.8. The number of nitrogens with zero attached hydrogens (tertiary/aromatic N) is 1. The number of anilines is 1. The Bertz CT molecular complexity index is 663. The number of para-hydroxylation sites is 1. The van der Waals surface area contributed by atoms with Crippen molar-refractivity contribution in [3.05, 3.63) is 36.2 Å². The zero-order valence-corrected chi connectivity index (χ0v) is 9.83. The van der Waals surface area contributed by atoms with Crippen LogP contribution in [0.5, 0.6) is 0 Å². The van der Waals surface area contributed by atoms with Crippen LogP contribution in [0.1, 0.15) is 5.69 Å². The quantitative estimate of drug-likeness (QED) is 0.629. The van der Waals surface area contributed by atoms with Gasteiger partial charge in [0.25, 0.3) is 0 Å². The van der Waals surface area contributed by atoms with Gasteiger partial charge in [-0.3, -0.25) is 5.10 Å². The molecular formula is C13H14N4. The van der Waals surface area contributed by atoms with Gasteiger partial charge in [-0.05, 0) is 13.0 Å². The van der Waals surface area contributed by atoms with Gasteiger partial charge in [-0.2, -0.15) is 5.10 Å². The molecule has 0 aliphatic heterocycles. The van der Waals surface area contributed by atoms with E-state index in [4.69, 9.17) is 0 Å². The largest absolute Gasteiger partial charge is 0.385 e. The summed E-state index contributed by atoms with van der Waals surface area (Å²) in [6, 6.07) is 8.23. The van der Waals surface area contributed by atoms with Gasteiger partial charge in [-0.1, -0.05) is 18.2 Å². The van der Waals surface area contributed by atoms with Gasteiger partial charge in [0.15, 0.2) is 0 Å². The first kappa shape index (κ1) is 9.96. The summed E-state index contributed by atoms with van der Waals surface area (Å²) in [6.45, 7) is 2.01. The molecular weight excluding hydrogens is 212 g/mol. The predicted molar refractivity (Wildman–Crippen MR) is 70.2 cm³/mol. The Morgan fingerprint density at radius 3 is 2.88 bits per heavy atom. The number of H-pyrrole nitrogens is 2. The monoisotopic (exact) mass is 226 g/mol. The molecule has 3 aromatic rings. The van der Waals surface area contributed by atoms with E-state index >= 15 is 0 Å². The van der Waals surface area contributed by atoms with Gasteiger partial charge < -0.3 is 10.3 Å². The highest BCUT2D eigenvalue weighted by atomic mass is 15.1. The summed E-state index contributed by atoms with van der Waals surface area (Å²) in [6.07, 6.45) is 2.00. The second-order valence-corrected chi connectivity index (χ2v) is 4.07. The van der Waals surface area contributed by atoms with Crippen LogP contribution in [0.3, 0.4) is 0 Å². The second-order valence-electron chi connectivity index (χ2n) is 4.07. The lowest BCUT2D eigenvalue weighted by Crippen LogP contribution is -1.90. The molecule has 0 radical (unpaired) electrons. The van der Waals surface area contributed by atoms with Crippen molar-refractivity contribution < 1.29 is 0 Å². The fourth-order valence-electron chi connectivity index (χ4n) is 2.20. The Hall–Kier alpha value is -2.23. The van der Waals surface area contributed by atoms with E-state index in [9.17, 15) is 0 Å². The summed E-state index contributed by atoms with van der Waals surface area (Å²) in [5.74, 6) is 0. The highest BCUT2D eigenvalue weighted by Gasteiger charge is 2.14. The fourth-order valence-corrected chi connectivity index (χ4v) is 2.20. The standard InChI is InChI=1S/C13H14N4/c1-8-12(14-2)13(17-16-8)10-7-15-11-6-4-3-5-9(10)11/h3-7,14-15H,1-2H3,(H,16,17). The van der Waals surface area contributed by atoms with Crippen LogP contribution in [0.2, 0.25) is 0 Å². The molecule has 4 nitrogen and oxygen atoms in total. The molecule has 0 spiro atoms. The van der Waals surface area contributed by atoms with E-state index in [-0.39, 0.29) is 0 Å². The molecule has 86 valence electrons. The molecule has 0 unspecified atom stereocenters. The van der Waals surface area contributed by atoms with Crippen molar-refractivity contribution in [2.45, 2.75) is 6.92 Å². The highest BCUT2D eigenvalue weighted by Crippen LogP contribution is 2.33. The van der Waals surface area contributed by atoms with Gasteiger partial charge in [-0.25, -0.2) is 0 Å². The molecule has 4 heteroatoms. The molecule has 3 N–H and O–H groups in total. The lowest BCUT2D eigenvalue weighted by molar-refractivity contribution is 1.05. The van der Waals surface area contributed by atoms with Crippen LogP contribution in [0.25, 0.3) is 22.2 Å². The van der Waals surface area contributed by atoms with Crippen molar-refractivity contribution in [3.8, 4) is 11.3 Å². The molecule has 0 aliphatic rings. The number of fused-ring (bicyclic) bond motifs is 1. The maximum atomic E-state index is 4.37. The number of benzene rings is 1. The van der Waals surface area contributed by atoms with Gasteiger partial charge in [0, 0.05) is 29.7 Å². The van der Waals surface area contributed by atoms with Crippen molar-refractivity contribution in [2.75, 3.05) is 12.4 Å². The molecule has 0 saturated heterocycles. The van der Waals surface area contributed by atoms with Gasteiger partial charge >= 0.3 is 0 Å². The molecule has 2 heterocycles. The van der Waals surface area contributed by atoms with Gasteiger partial charge in [-0.15, -0.1) is 0 Å². The van der Waals surface area contributed by atoms with Crippen molar-refractivity contribution >= 4 is 16.6 Å². The Labute approximate surface area is 99.1 Å². The molecule has 3 rings (SSSR count). The first-order valence-corrected chi connectivity index (χ1v) is 5.60. The average molecular weight is 226 g/mol. The minimum atomic E-state index is 0.961.